The third-order valence-electron chi connectivity index (χ3n) is 8.27. The minimum absolute atomic E-state index is 0.0489. The second-order valence-electron chi connectivity index (χ2n) is 11.0. The molecule has 0 saturated heterocycles. The van der Waals surface area contributed by atoms with Crippen molar-refractivity contribution < 1.29 is 28.2 Å². The Balaban J connectivity index is 1.41. The molecule has 0 fully saturated rings. The molecule has 1 amide bonds. The van der Waals surface area contributed by atoms with Crippen molar-refractivity contribution in [3.05, 3.63) is 81.5 Å². The number of carbonyl (C=O) groups is 2. The topological polar surface area (TPSA) is 110 Å². The predicted octanol–water partition coefficient (Wildman–Crippen LogP) is 5.17. The quantitative estimate of drug-likeness (QED) is 0.351. The molecule has 5 aliphatic heterocycles. The standard InChI is InChI=1S/C31H31F2N5O4/c1-18-24-16-34-30-29(18)35-36-38(30)9-4-2-3-5-11-42-22-13-25(32)28(26(33)14-22)31(41)37-10-8-19-6-7-20(12-21(19)17-37)23(24)15-27(39)40/h6-7,12-14,16,23H,2-5,8-11,15,17H2,1H3,(H,39,40)/t23-/m0/s1. The van der Waals surface area contributed by atoms with Crippen LogP contribution in [0.1, 0.15) is 76.2 Å². The van der Waals surface area contributed by atoms with Gasteiger partial charge < -0.3 is 14.7 Å². The van der Waals surface area contributed by atoms with Crippen molar-refractivity contribution in [3.8, 4) is 5.75 Å². The second-order valence-corrected chi connectivity index (χ2v) is 11.0. The fourth-order valence-electron chi connectivity index (χ4n) is 6.00. The van der Waals surface area contributed by atoms with Gasteiger partial charge in [-0.25, -0.2) is 18.4 Å². The van der Waals surface area contributed by atoms with Crippen LogP contribution in [0.4, 0.5) is 8.78 Å². The molecule has 2 aromatic carbocycles. The zero-order chi connectivity index (χ0) is 29.4. The highest BCUT2D eigenvalue weighted by Crippen LogP contribution is 2.35. The van der Waals surface area contributed by atoms with E-state index in [-0.39, 0.29) is 18.7 Å². The molecule has 0 unspecified atom stereocenters. The maximum Gasteiger partial charge on any atom is 0.304 e. The van der Waals surface area contributed by atoms with Crippen molar-refractivity contribution >= 4 is 23.0 Å². The van der Waals surface area contributed by atoms with E-state index in [0.717, 1.165) is 59.2 Å². The molecule has 0 saturated carbocycles. The summed E-state index contributed by atoms with van der Waals surface area (Å²) in [6.45, 7) is 3.26. The molecule has 9 bridgehead atoms. The first-order valence-electron chi connectivity index (χ1n) is 14.2. The van der Waals surface area contributed by atoms with Gasteiger partial charge in [0.15, 0.2) is 5.65 Å². The van der Waals surface area contributed by atoms with Crippen molar-refractivity contribution in [1.29, 1.82) is 0 Å². The van der Waals surface area contributed by atoms with Gasteiger partial charge in [-0.3, -0.25) is 9.59 Å². The maximum absolute atomic E-state index is 15.0. The number of ether oxygens (including phenoxy) is 1. The zero-order valence-electron chi connectivity index (χ0n) is 23.3. The number of hydrogen-bond donors (Lipinski definition) is 1. The molecule has 42 heavy (non-hydrogen) atoms. The molecule has 0 aliphatic carbocycles. The van der Waals surface area contributed by atoms with E-state index in [1.54, 1.807) is 10.9 Å². The number of aliphatic carboxylic acids is 1. The number of carboxylic acid groups (broad SMARTS) is 1. The lowest BCUT2D eigenvalue weighted by Gasteiger charge is -2.30. The molecule has 1 atom stereocenters. The van der Waals surface area contributed by atoms with Crippen LogP contribution in [0.15, 0.2) is 36.5 Å². The van der Waals surface area contributed by atoms with E-state index < -0.39 is 35.0 Å². The van der Waals surface area contributed by atoms with Gasteiger partial charge in [0.2, 0.25) is 0 Å². The number of aromatic nitrogens is 4. The van der Waals surface area contributed by atoms with E-state index in [2.05, 4.69) is 15.3 Å². The van der Waals surface area contributed by atoms with E-state index in [9.17, 15) is 14.7 Å². The number of rotatable bonds is 2. The first-order chi connectivity index (χ1) is 20.3. The Morgan fingerprint density at radius 1 is 1.07 bits per heavy atom. The monoisotopic (exact) mass is 575 g/mol. The molecule has 7 heterocycles. The normalized spacial score (nSPS) is 17.7. The van der Waals surface area contributed by atoms with Crippen molar-refractivity contribution in [2.75, 3.05) is 13.2 Å². The summed E-state index contributed by atoms with van der Waals surface area (Å²) in [5.74, 6) is -4.09. The second kappa shape index (κ2) is 11.5. The summed E-state index contributed by atoms with van der Waals surface area (Å²) in [4.78, 5) is 31.4. The molecule has 0 radical (unpaired) electrons. The predicted molar refractivity (Wildman–Crippen MR) is 149 cm³/mol. The summed E-state index contributed by atoms with van der Waals surface area (Å²) < 4.78 is 37.4. The Labute approximate surface area is 241 Å². The number of benzene rings is 2. The fourth-order valence-corrected chi connectivity index (χ4v) is 6.00. The molecule has 9 rings (SSSR count). The van der Waals surface area contributed by atoms with Crippen LogP contribution in [0, 0.1) is 18.6 Å². The minimum atomic E-state index is -0.964. The van der Waals surface area contributed by atoms with E-state index in [1.807, 2.05) is 25.1 Å². The molecule has 218 valence electrons. The third kappa shape index (κ3) is 5.31. The Morgan fingerprint density at radius 2 is 1.86 bits per heavy atom. The van der Waals surface area contributed by atoms with Gasteiger partial charge >= 0.3 is 5.97 Å². The first kappa shape index (κ1) is 27.7. The minimum Gasteiger partial charge on any atom is -0.493 e. The lowest BCUT2D eigenvalue weighted by atomic mass is 9.84. The molecule has 4 aromatic rings. The average molecular weight is 576 g/mol. The Morgan fingerprint density at radius 3 is 2.64 bits per heavy atom. The van der Waals surface area contributed by atoms with Crippen molar-refractivity contribution in [1.82, 2.24) is 24.9 Å². The number of aryl methyl sites for hydroxylation is 2. The van der Waals surface area contributed by atoms with Crippen LogP contribution in [0.5, 0.6) is 5.75 Å². The van der Waals surface area contributed by atoms with E-state index in [4.69, 9.17) is 4.74 Å². The Bertz CT molecular complexity index is 1660. The highest BCUT2D eigenvalue weighted by atomic mass is 19.1. The Kier molecular flexibility index (Phi) is 7.57. The maximum atomic E-state index is 15.0. The summed E-state index contributed by atoms with van der Waals surface area (Å²) in [6, 6.07) is 7.86. The lowest BCUT2D eigenvalue weighted by molar-refractivity contribution is -0.137. The van der Waals surface area contributed by atoms with Crippen LogP contribution in [0.3, 0.4) is 0 Å². The summed E-state index contributed by atoms with van der Waals surface area (Å²) in [7, 11) is 0. The molecular formula is C31H31F2N5O4. The van der Waals surface area contributed by atoms with Crippen LogP contribution < -0.4 is 4.74 Å². The van der Waals surface area contributed by atoms with Crippen LogP contribution in [0.25, 0.3) is 11.2 Å². The van der Waals surface area contributed by atoms with Gasteiger partial charge in [0.25, 0.3) is 5.91 Å². The number of carbonyl (C=O) groups excluding carboxylic acids is 1. The number of pyridine rings is 1. The van der Waals surface area contributed by atoms with Crippen molar-refractivity contribution in [3.63, 3.8) is 0 Å². The fraction of sp³-hybridized carbons (Fsp3) is 0.387. The highest BCUT2D eigenvalue weighted by Gasteiger charge is 2.29. The lowest BCUT2D eigenvalue weighted by Crippen LogP contribution is -2.37. The SMILES string of the molecule is Cc1c2cnc3c1nnn3CCCCCCOc1cc(F)c(c(F)c1)C(=O)N1CCc3ccc(cc3C1)[C@@H]2CC(=O)O. The van der Waals surface area contributed by atoms with Crippen molar-refractivity contribution in [2.45, 2.75) is 64.5 Å². The largest absolute Gasteiger partial charge is 0.493 e. The van der Waals surface area contributed by atoms with E-state index in [0.29, 0.717) is 43.7 Å². The summed E-state index contributed by atoms with van der Waals surface area (Å²) in [6.07, 6.45) is 5.29. The molecule has 9 nitrogen and oxygen atoms in total. The first-order valence-corrected chi connectivity index (χ1v) is 14.2. The summed E-state index contributed by atoms with van der Waals surface area (Å²) in [5, 5.41) is 18.5. The van der Waals surface area contributed by atoms with Gasteiger partial charge in [0.05, 0.1) is 13.0 Å². The zero-order valence-corrected chi connectivity index (χ0v) is 23.3. The third-order valence-corrected chi connectivity index (χ3v) is 8.27. The van der Waals surface area contributed by atoms with Gasteiger partial charge in [-0.2, -0.15) is 0 Å². The molecule has 0 spiro atoms. The number of halogens is 2. The summed E-state index contributed by atoms with van der Waals surface area (Å²) >= 11 is 0. The van der Waals surface area contributed by atoms with Crippen LogP contribution in [-0.2, 0) is 24.3 Å². The average Bonchev–Trinajstić information content (AvgIpc) is 3.38. The van der Waals surface area contributed by atoms with Crippen LogP contribution in [-0.4, -0.2) is 55.0 Å². The highest BCUT2D eigenvalue weighted by molar-refractivity contribution is 5.95. The molecule has 1 N–H and O–H groups in total. The number of hydrogen-bond acceptors (Lipinski definition) is 6. The van der Waals surface area contributed by atoms with Gasteiger partial charge in [-0.05, 0) is 60.4 Å². The molecule has 11 heteroatoms. The molecule has 5 aliphatic rings. The summed E-state index contributed by atoms with van der Waals surface area (Å²) in [5.41, 5.74) is 4.79. The molecule has 2 aromatic heterocycles. The van der Waals surface area contributed by atoms with Crippen molar-refractivity contribution in [2.24, 2.45) is 0 Å². The van der Waals surface area contributed by atoms with Gasteiger partial charge in [-0.1, -0.05) is 29.8 Å². The van der Waals surface area contributed by atoms with Crippen LogP contribution >= 0.6 is 0 Å². The van der Waals surface area contributed by atoms with Gasteiger partial charge in [0.1, 0.15) is 28.5 Å². The smallest absolute Gasteiger partial charge is 0.304 e. The van der Waals surface area contributed by atoms with Gasteiger partial charge in [0, 0.05) is 43.9 Å². The number of nitrogens with zero attached hydrogens (tertiary/aromatic N) is 5. The number of carboxylic acids is 1. The van der Waals surface area contributed by atoms with Gasteiger partial charge in [-0.15, -0.1) is 5.10 Å². The van der Waals surface area contributed by atoms with Crippen LogP contribution in [0.2, 0.25) is 0 Å². The molecular weight excluding hydrogens is 544 g/mol. The number of amides is 1. The van der Waals surface area contributed by atoms with E-state index >= 15 is 8.78 Å². The van der Waals surface area contributed by atoms with E-state index in [1.165, 1.54) is 4.90 Å². The Hall–Kier alpha value is -4.41.